The first-order valence-electron chi connectivity index (χ1n) is 14.8. The molecule has 0 fully saturated rings. The van der Waals surface area contributed by atoms with Crippen molar-refractivity contribution in [1.82, 2.24) is 10.2 Å². The molecule has 0 aliphatic carbocycles. The van der Waals surface area contributed by atoms with Crippen molar-refractivity contribution in [3.05, 3.63) is 69.8 Å². The zero-order valence-corrected chi connectivity index (χ0v) is 25.4. The fourth-order valence-electron chi connectivity index (χ4n) is 4.81. The summed E-state index contributed by atoms with van der Waals surface area (Å²) in [5.41, 5.74) is 2.32. The van der Waals surface area contributed by atoms with Gasteiger partial charge in [0.05, 0.1) is 13.2 Å². The average Bonchev–Trinajstić information content (AvgIpc) is 2.99. The second-order valence-electron chi connectivity index (χ2n) is 10.7. The van der Waals surface area contributed by atoms with Crippen LogP contribution in [0.4, 0.5) is 0 Å². The molecule has 0 aliphatic rings. The van der Waals surface area contributed by atoms with Gasteiger partial charge in [-0.05, 0) is 75.0 Å². The number of carbonyl (C=O) groups excluding carboxylic acids is 1. The molecule has 0 aliphatic heterocycles. The Bertz CT molecular complexity index is 1120. The van der Waals surface area contributed by atoms with Gasteiger partial charge in [0.15, 0.2) is 6.61 Å². The van der Waals surface area contributed by atoms with Crippen molar-refractivity contribution in [2.45, 2.75) is 77.4 Å². The van der Waals surface area contributed by atoms with Crippen molar-refractivity contribution < 1.29 is 24.2 Å². The molecule has 3 atom stereocenters. The molecule has 0 heterocycles. The van der Waals surface area contributed by atoms with E-state index >= 15 is 0 Å². The van der Waals surface area contributed by atoms with Crippen molar-refractivity contribution >= 4 is 5.91 Å². The zero-order valence-electron chi connectivity index (χ0n) is 25.4. The molecule has 1 amide bonds. The Kier molecular flexibility index (Phi) is 15.8. The minimum absolute atomic E-state index is 0.00812. The first kappa shape index (κ1) is 34.4. The summed E-state index contributed by atoms with van der Waals surface area (Å²) in [7, 11) is 3.79. The smallest absolute Gasteiger partial charge is 0.294 e. The van der Waals surface area contributed by atoms with Crippen molar-refractivity contribution in [3.8, 4) is 17.6 Å². The maximum absolute atomic E-state index is 12.1. The van der Waals surface area contributed by atoms with E-state index in [-0.39, 0.29) is 25.1 Å². The summed E-state index contributed by atoms with van der Waals surface area (Å²) >= 11 is 0. The molecule has 2 aromatic carbocycles. The normalized spacial score (nSPS) is 13.0. The van der Waals surface area contributed by atoms with Crippen molar-refractivity contribution in [2.24, 2.45) is 5.92 Å². The number of nitrogens with zero attached hydrogens (tertiary/aromatic N) is 3. The Morgan fingerprint density at radius 2 is 1.86 bits per heavy atom. The van der Waals surface area contributed by atoms with Gasteiger partial charge in [0.2, 0.25) is 0 Å². The molecular weight excluding hydrogens is 536 g/mol. The highest BCUT2D eigenvalue weighted by Gasteiger charge is 2.20. The van der Waals surface area contributed by atoms with Gasteiger partial charge in [0.25, 0.3) is 11.0 Å². The van der Waals surface area contributed by atoms with E-state index in [0.717, 1.165) is 50.0 Å². The van der Waals surface area contributed by atoms with Crippen LogP contribution < -0.4 is 14.8 Å². The highest BCUT2D eigenvalue weighted by Crippen LogP contribution is 2.30. The van der Waals surface area contributed by atoms with Crippen LogP contribution >= 0.6 is 0 Å². The largest absolute Gasteiger partial charge is 0.497 e. The number of rotatable bonds is 21. The van der Waals surface area contributed by atoms with E-state index in [4.69, 9.17) is 9.47 Å². The molecule has 0 radical (unpaired) electrons. The summed E-state index contributed by atoms with van der Waals surface area (Å²) in [6.45, 7) is 4.32. The second-order valence-corrected chi connectivity index (χ2v) is 10.7. The van der Waals surface area contributed by atoms with Gasteiger partial charge in [-0.15, -0.1) is 10.1 Å². The summed E-state index contributed by atoms with van der Waals surface area (Å²) in [6.07, 6.45) is 7.37. The number of likely N-dealkylation sites (N-methyl/N-ethyl adjacent to an activating group) is 1. The van der Waals surface area contributed by atoms with E-state index in [1.54, 1.807) is 7.11 Å². The molecule has 3 unspecified atom stereocenters. The number of nitrogens with one attached hydrogen (secondary N) is 1. The Morgan fingerprint density at radius 3 is 2.52 bits per heavy atom. The van der Waals surface area contributed by atoms with Gasteiger partial charge >= 0.3 is 0 Å². The number of benzene rings is 2. The molecule has 0 bridgehead atoms. The summed E-state index contributed by atoms with van der Waals surface area (Å²) < 4.78 is 11.0. The maximum atomic E-state index is 12.1. The Morgan fingerprint density at radius 1 is 1.10 bits per heavy atom. The van der Waals surface area contributed by atoms with Crippen LogP contribution in [0.3, 0.4) is 0 Å². The van der Waals surface area contributed by atoms with E-state index in [1.165, 1.54) is 31.7 Å². The van der Waals surface area contributed by atoms with Crippen LogP contribution in [0.1, 0.15) is 76.0 Å². The molecule has 10 nitrogen and oxygen atoms in total. The molecule has 2 rings (SSSR count). The van der Waals surface area contributed by atoms with E-state index in [2.05, 4.69) is 47.2 Å². The van der Waals surface area contributed by atoms with Gasteiger partial charge in [-0.2, -0.15) is 5.26 Å². The SMILES string of the molecule is CCCCCCC(C#N)CCC(c1ccc(OCC(=O)NCC(C)O[N+](=O)[O-])cc1)N(C)CCc1cccc(OC)c1. The lowest BCUT2D eigenvalue weighted by molar-refractivity contribution is -0.767. The summed E-state index contributed by atoms with van der Waals surface area (Å²) in [4.78, 5) is 29.2. The van der Waals surface area contributed by atoms with Crippen LogP contribution in [0.15, 0.2) is 48.5 Å². The lowest BCUT2D eigenvalue weighted by Gasteiger charge is -2.29. The molecule has 2 aromatic rings. The summed E-state index contributed by atoms with van der Waals surface area (Å²) in [5, 5.41) is 21.9. The molecule has 0 saturated heterocycles. The third kappa shape index (κ3) is 13.2. The Labute approximate surface area is 250 Å². The zero-order chi connectivity index (χ0) is 30.7. The predicted octanol–water partition coefficient (Wildman–Crippen LogP) is 5.89. The molecule has 1 N–H and O–H groups in total. The topological polar surface area (TPSA) is 127 Å². The number of hydrogen-bond donors (Lipinski definition) is 1. The van der Waals surface area contributed by atoms with Gasteiger partial charge in [-0.3, -0.25) is 9.69 Å². The predicted molar refractivity (Wildman–Crippen MR) is 162 cm³/mol. The van der Waals surface area contributed by atoms with E-state index in [1.807, 2.05) is 36.4 Å². The first-order chi connectivity index (χ1) is 20.2. The Balaban J connectivity index is 2.02. The van der Waals surface area contributed by atoms with Gasteiger partial charge in [-0.1, -0.05) is 56.9 Å². The fourth-order valence-corrected chi connectivity index (χ4v) is 4.81. The minimum Gasteiger partial charge on any atom is -0.497 e. The van der Waals surface area contributed by atoms with Crippen LogP contribution in [0.25, 0.3) is 0 Å². The van der Waals surface area contributed by atoms with E-state index < -0.39 is 17.1 Å². The highest BCUT2D eigenvalue weighted by molar-refractivity contribution is 5.77. The lowest BCUT2D eigenvalue weighted by Crippen LogP contribution is -2.36. The number of hydrogen-bond acceptors (Lipinski definition) is 8. The summed E-state index contributed by atoms with van der Waals surface area (Å²) in [5.74, 6) is 1.03. The van der Waals surface area contributed by atoms with Crippen LogP contribution in [-0.2, 0) is 16.1 Å². The minimum atomic E-state index is -0.882. The summed E-state index contributed by atoms with van der Waals surface area (Å²) in [6, 6.07) is 18.5. The third-order valence-electron chi connectivity index (χ3n) is 7.28. The molecule has 42 heavy (non-hydrogen) atoms. The fraction of sp³-hybridized carbons (Fsp3) is 0.562. The molecular formula is C32H46N4O6. The van der Waals surface area contributed by atoms with Crippen LogP contribution in [-0.4, -0.2) is 55.9 Å². The van der Waals surface area contributed by atoms with Crippen LogP contribution in [0, 0.1) is 27.4 Å². The first-order valence-corrected chi connectivity index (χ1v) is 14.8. The number of methoxy groups -OCH3 is 1. The van der Waals surface area contributed by atoms with E-state index in [0.29, 0.717) is 5.75 Å². The number of amides is 1. The second kappa shape index (κ2) is 19.3. The van der Waals surface area contributed by atoms with Crippen molar-refractivity contribution in [1.29, 1.82) is 5.26 Å². The van der Waals surface area contributed by atoms with Gasteiger partial charge in [-0.25, -0.2) is 0 Å². The number of carbonyl (C=O) groups is 1. The molecule has 0 aromatic heterocycles. The molecule has 10 heteroatoms. The quantitative estimate of drug-likeness (QED) is 0.110. The number of unbranched alkanes of at least 4 members (excludes halogenated alkanes) is 3. The third-order valence-corrected chi connectivity index (χ3v) is 7.28. The van der Waals surface area contributed by atoms with E-state index in [9.17, 15) is 20.2 Å². The van der Waals surface area contributed by atoms with Crippen LogP contribution in [0.2, 0.25) is 0 Å². The van der Waals surface area contributed by atoms with Gasteiger partial charge < -0.3 is 19.6 Å². The highest BCUT2D eigenvalue weighted by atomic mass is 17.0. The molecule has 0 spiro atoms. The Hall–Kier alpha value is -3.84. The van der Waals surface area contributed by atoms with Crippen molar-refractivity contribution in [3.63, 3.8) is 0 Å². The maximum Gasteiger partial charge on any atom is 0.294 e. The lowest BCUT2D eigenvalue weighted by atomic mass is 9.92. The average molecular weight is 583 g/mol. The van der Waals surface area contributed by atoms with Gasteiger partial charge in [0, 0.05) is 25.0 Å². The van der Waals surface area contributed by atoms with Gasteiger partial charge in [0.1, 0.15) is 17.6 Å². The standard InChI is InChI=1S/C32H46N4O6/c1-5-6-7-8-10-27(22-33)13-18-31(35(3)20-19-26-11-9-12-30(21-26)40-4)28-14-16-29(17-15-28)41-24-32(37)34-23-25(2)42-36(38)39/h9,11-12,14-17,21,25,27,31H,5-8,10,13,18-20,23-24H2,1-4H3,(H,34,37). The van der Waals surface area contributed by atoms with Crippen LogP contribution in [0.5, 0.6) is 11.5 Å². The van der Waals surface area contributed by atoms with Crippen molar-refractivity contribution in [2.75, 3.05) is 33.9 Å². The number of ether oxygens (including phenoxy) is 2. The molecule has 230 valence electrons. The molecule has 0 saturated carbocycles. The number of nitriles is 1. The monoisotopic (exact) mass is 582 g/mol.